The predicted octanol–water partition coefficient (Wildman–Crippen LogP) is 1.12. The number of rotatable bonds is 8. The van der Waals surface area contributed by atoms with Crippen LogP contribution in [0.1, 0.15) is 46.5 Å². The highest BCUT2D eigenvalue weighted by Crippen LogP contribution is 2.19. The van der Waals surface area contributed by atoms with Crippen molar-refractivity contribution in [2.24, 2.45) is 11.1 Å². The van der Waals surface area contributed by atoms with E-state index in [1.165, 1.54) is 0 Å². The molecule has 0 aromatic heterocycles. The van der Waals surface area contributed by atoms with Gasteiger partial charge in [-0.25, -0.2) is 0 Å². The van der Waals surface area contributed by atoms with E-state index in [0.717, 1.165) is 12.8 Å². The van der Waals surface area contributed by atoms with E-state index < -0.39 is 17.4 Å². The third-order valence-electron chi connectivity index (χ3n) is 2.83. The smallest absolute Gasteiger partial charge is 0.309 e. The van der Waals surface area contributed by atoms with Crippen LogP contribution < -0.4 is 11.1 Å². The molecule has 0 saturated heterocycles. The lowest BCUT2D eigenvalue weighted by atomic mass is 9.89. The molecule has 100 valence electrons. The summed E-state index contributed by atoms with van der Waals surface area (Å²) in [5, 5.41) is 11.6. The molecule has 0 aliphatic heterocycles. The average molecular weight is 244 g/mol. The minimum atomic E-state index is -0.859. The van der Waals surface area contributed by atoms with E-state index in [1.54, 1.807) is 13.8 Å². The topological polar surface area (TPSA) is 92.4 Å². The molecule has 0 saturated carbocycles. The number of hydrogen-bond donors (Lipinski definition) is 3. The van der Waals surface area contributed by atoms with Crippen molar-refractivity contribution in [2.45, 2.75) is 52.5 Å². The molecule has 5 heteroatoms. The normalized spacial score (nSPS) is 13.2. The van der Waals surface area contributed by atoms with Gasteiger partial charge in [0, 0.05) is 6.54 Å². The first-order valence-electron chi connectivity index (χ1n) is 6.08. The van der Waals surface area contributed by atoms with Crippen LogP contribution in [-0.4, -0.2) is 29.6 Å². The van der Waals surface area contributed by atoms with Crippen LogP contribution >= 0.6 is 0 Å². The van der Waals surface area contributed by atoms with Crippen LogP contribution in [0, 0.1) is 5.41 Å². The molecule has 0 spiro atoms. The summed E-state index contributed by atoms with van der Waals surface area (Å²) >= 11 is 0. The largest absolute Gasteiger partial charge is 0.481 e. The number of amides is 1. The minimum Gasteiger partial charge on any atom is -0.481 e. The van der Waals surface area contributed by atoms with Crippen molar-refractivity contribution in [3.63, 3.8) is 0 Å². The second kappa shape index (κ2) is 7.27. The van der Waals surface area contributed by atoms with E-state index in [-0.39, 0.29) is 5.91 Å². The first-order valence-corrected chi connectivity index (χ1v) is 6.08. The Balaban J connectivity index is 3.89. The van der Waals surface area contributed by atoms with Crippen molar-refractivity contribution in [1.29, 1.82) is 0 Å². The zero-order chi connectivity index (χ0) is 13.5. The highest BCUT2D eigenvalue weighted by Gasteiger charge is 2.26. The van der Waals surface area contributed by atoms with Crippen LogP contribution in [0.15, 0.2) is 0 Å². The van der Waals surface area contributed by atoms with Crippen LogP contribution in [0.2, 0.25) is 0 Å². The average Bonchev–Trinajstić information content (AvgIpc) is 2.25. The van der Waals surface area contributed by atoms with E-state index >= 15 is 0 Å². The van der Waals surface area contributed by atoms with E-state index in [2.05, 4.69) is 5.32 Å². The summed E-state index contributed by atoms with van der Waals surface area (Å²) in [4.78, 5) is 22.4. The van der Waals surface area contributed by atoms with Gasteiger partial charge in [0.05, 0.1) is 11.5 Å². The molecule has 0 heterocycles. The van der Waals surface area contributed by atoms with Crippen molar-refractivity contribution in [3.8, 4) is 0 Å². The lowest BCUT2D eigenvalue weighted by Gasteiger charge is -2.19. The van der Waals surface area contributed by atoms with Crippen molar-refractivity contribution in [1.82, 2.24) is 5.32 Å². The zero-order valence-electron chi connectivity index (χ0n) is 11.0. The summed E-state index contributed by atoms with van der Waals surface area (Å²) in [6.45, 7) is 5.66. The molecule has 1 amide bonds. The number of carbonyl (C=O) groups is 2. The van der Waals surface area contributed by atoms with Crippen molar-refractivity contribution in [2.75, 3.05) is 6.54 Å². The molecule has 0 rings (SSSR count). The van der Waals surface area contributed by atoms with Crippen LogP contribution in [0.5, 0.6) is 0 Å². The predicted molar refractivity (Wildman–Crippen MR) is 66.5 cm³/mol. The zero-order valence-corrected chi connectivity index (χ0v) is 11.0. The number of unbranched alkanes of at least 4 members (excludes halogenated alkanes) is 1. The van der Waals surface area contributed by atoms with Gasteiger partial charge in [-0.05, 0) is 26.7 Å². The Bertz CT molecular complexity index is 264. The highest BCUT2D eigenvalue weighted by molar-refractivity contribution is 5.81. The van der Waals surface area contributed by atoms with Gasteiger partial charge in [-0.15, -0.1) is 0 Å². The van der Waals surface area contributed by atoms with Gasteiger partial charge in [-0.1, -0.05) is 19.8 Å². The van der Waals surface area contributed by atoms with Crippen LogP contribution in [0.3, 0.4) is 0 Å². The summed E-state index contributed by atoms with van der Waals surface area (Å²) in [6, 6.07) is -0.483. The number of nitrogens with one attached hydrogen (secondary N) is 1. The maximum Gasteiger partial charge on any atom is 0.309 e. The molecule has 0 aromatic rings. The van der Waals surface area contributed by atoms with E-state index in [4.69, 9.17) is 10.8 Å². The summed E-state index contributed by atoms with van der Waals surface area (Å²) in [6.07, 6.45) is 3.00. The van der Waals surface area contributed by atoms with Gasteiger partial charge in [-0.3, -0.25) is 9.59 Å². The lowest BCUT2D eigenvalue weighted by Crippen LogP contribution is -2.42. The summed E-state index contributed by atoms with van der Waals surface area (Å²) < 4.78 is 0. The Morgan fingerprint density at radius 2 is 2.00 bits per heavy atom. The highest BCUT2D eigenvalue weighted by atomic mass is 16.4. The van der Waals surface area contributed by atoms with E-state index in [1.807, 2.05) is 6.92 Å². The lowest BCUT2D eigenvalue weighted by molar-refractivity contribution is -0.147. The van der Waals surface area contributed by atoms with Crippen molar-refractivity contribution < 1.29 is 14.7 Å². The summed E-state index contributed by atoms with van der Waals surface area (Å²) in [5.41, 5.74) is 4.87. The number of carboxylic acids is 1. The standard InChI is InChI=1S/C12H24N2O3/c1-4-5-6-9(13)10(15)14-8-7-12(2,3)11(16)17/h9H,4-8,13H2,1-3H3,(H,14,15)(H,16,17)/t9-/m0/s1. The summed E-state index contributed by atoms with van der Waals surface area (Å²) in [5.74, 6) is -1.05. The molecule has 0 fully saturated rings. The SMILES string of the molecule is CCCC[C@H](N)C(=O)NCCC(C)(C)C(=O)O. The number of nitrogens with two attached hydrogens (primary N) is 1. The molecular formula is C12H24N2O3. The molecule has 0 aliphatic carbocycles. The van der Waals surface area contributed by atoms with Crippen LogP contribution in [-0.2, 0) is 9.59 Å². The third-order valence-corrected chi connectivity index (χ3v) is 2.83. The number of carbonyl (C=O) groups excluding carboxylic acids is 1. The summed E-state index contributed by atoms with van der Waals surface area (Å²) in [7, 11) is 0. The molecular weight excluding hydrogens is 220 g/mol. The molecule has 0 unspecified atom stereocenters. The second-order valence-corrected chi connectivity index (χ2v) is 4.98. The molecule has 1 atom stereocenters. The van der Waals surface area contributed by atoms with Gasteiger partial charge in [0.1, 0.15) is 0 Å². The molecule has 5 nitrogen and oxygen atoms in total. The Hall–Kier alpha value is -1.10. The van der Waals surface area contributed by atoms with Gasteiger partial charge < -0.3 is 16.2 Å². The maximum atomic E-state index is 11.5. The number of hydrogen-bond acceptors (Lipinski definition) is 3. The fourth-order valence-electron chi connectivity index (χ4n) is 1.29. The van der Waals surface area contributed by atoms with Crippen LogP contribution in [0.25, 0.3) is 0 Å². The van der Waals surface area contributed by atoms with Gasteiger partial charge in [-0.2, -0.15) is 0 Å². The van der Waals surface area contributed by atoms with Gasteiger partial charge >= 0.3 is 5.97 Å². The maximum absolute atomic E-state index is 11.5. The van der Waals surface area contributed by atoms with Gasteiger partial charge in [0.25, 0.3) is 0 Å². The second-order valence-electron chi connectivity index (χ2n) is 4.98. The van der Waals surface area contributed by atoms with Crippen molar-refractivity contribution in [3.05, 3.63) is 0 Å². The molecule has 0 radical (unpaired) electrons. The molecule has 17 heavy (non-hydrogen) atoms. The van der Waals surface area contributed by atoms with E-state index in [9.17, 15) is 9.59 Å². The number of aliphatic carboxylic acids is 1. The monoisotopic (exact) mass is 244 g/mol. The molecule has 0 bridgehead atoms. The Morgan fingerprint density at radius 1 is 1.41 bits per heavy atom. The van der Waals surface area contributed by atoms with Gasteiger partial charge in [0.15, 0.2) is 0 Å². The van der Waals surface area contributed by atoms with Gasteiger partial charge in [0.2, 0.25) is 5.91 Å². The quantitative estimate of drug-likeness (QED) is 0.596. The fourth-order valence-corrected chi connectivity index (χ4v) is 1.29. The molecule has 4 N–H and O–H groups in total. The molecule has 0 aliphatic rings. The Morgan fingerprint density at radius 3 is 2.47 bits per heavy atom. The molecule has 0 aromatic carbocycles. The Kier molecular flexibility index (Phi) is 6.80. The van der Waals surface area contributed by atoms with Crippen molar-refractivity contribution >= 4 is 11.9 Å². The first-order chi connectivity index (χ1) is 7.81. The van der Waals surface area contributed by atoms with Crippen LogP contribution in [0.4, 0.5) is 0 Å². The Labute approximate surface area is 103 Å². The van der Waals surface area contributed by atoms with E-state index in [0.29, 0.717) is 19.4 Å². The third kappa shape index (κ3) is 6.26. The number of carboxylic acid groups (broad SMARTS) is 1. The minimum absolute atomic E-state index is 0.195. The first kappa shape index (κ1) is 15.9. The fraction of sp³-hybridized carbons (Fsp3) is 0.833.